The largest absolute Gasteiger partial charge is 0.309 e. The maximum atomic E-state index is 4.84. The van der Waals surface area contributed by atoms with E-state index in [1.54, 1.807) is 0 Å². The molecule has 0 bridgehead atoms. The van der Waals surface area contributed by atoms with Gasteiger partial charge in [0.15, 0.2) is 5.82 Å². The molecule has 2 aliphatic carbocycles. The number of allylic oxidation sites excluding steroid dienone is 4. The summed E-state index contributed by atoms with van der Waals surface area (Å²) in [5, 5.41) is 2.57. The van der Waals surface area contributed by atoms with E-state index >= 15 is 0 Å². The second-order valence-corrected chi connectivity index (χ2v) is 17.1. The number of aromatic nitrogens is 3. The van der Waals surface area contributed by atoms with E-state index in [0.717, 1.165) is 42.4 Å². The number of hydrogen-bond acceptors (Lipinski definition) is 2. The van der Waals surface area contributed by atoms with E-state index < -0.39 is 5.41 Å². The maximum absolute atomic E-state index is 4.84. The molecule has 0 unspecified atom stereocenters. The summed E-state index contributed by atoms with van der Waals surface area (Å²) in [7, 11) is 0. The van der Waals surface area contributed by atoms with Crippen LogP contribution in [-0.4, -0.2) is 14.5 Å². The van der Waals surface area contributed by atoms with Crippen LogP contribution in [0.25, 0.3) is 61.9 Å². The maximum Gasteiger partial charge on any atom is 0.151 e. The van der Waals surface area contributed by atoms with Crippen LogP contribution in [0, 0.1) is 0 Å². The Balaban J connectivity index is 0.883. The number of para-hydroxylation sites is 2. The van der Waals surface area contributed by atoms with Gasteiger partial charge >= 0.3 is 0 Å². The van der Waals surface area contributed by atoms with Crippen molar-refractivity contribution in [1.29, 1.82) is 0 Å². The standard InChI is InChI=1S/C60H49N3/c1-3-59(4-2)54-38-42(28-35-50(54)51-36-34-49(39-55(51)59)63-56-26-16-14-24-52(56)53-25-15-17-27-57(53)63)29-37-58-61-40-44(41-62-58)43-30-32-48(33-31-43)60(45-18-8-5-9-19-45,46-20-10-6-11-21-46)47-22-12-7-13-23-47/h5-12,14-22,24-41H,3-4,13,23H2,1-2H3/b37-29+. The van der Waals surface area contributed by atoms with Gasteiger partial charge in [-0.1, -0.05) is 189 Å². The van der Waals surface area contributed by atoms with Gasteiger partial charge in [0.25, 0.3) is 0 Å². The fourth-order valence-corrected chi connectivity index (χ4v) is 11.0. The van der Waals surface area contributed by atoms with Crippen LogP contribution in [0.15, 0.2) is 206 Å². The molecule has 0 N–H and O–H groups in total. The zero-order valence-electron chi connectivity index (χ0n) is 35.9. The van der Waals surface area contributed by atoms with Gasteiger partial charge in [-0.05, 0) is 106 Å². The Labute approximate surface area is 370 Å². The molecule has 0 spiro atoms. The normalized spacial score (nSPS) is 14.3. The van der Waals surface area contributed by atoms with Crippen LogP contribution in [-0.2, 0) is 10.8 Å². The van der Waals surface area contributed by atoms with E-state index in [4.69, 9.17) is 9.97 Å². The Morgan fingerprint density at radius 2 is 1.14 bits per heavy atom. The van der Waals surface area contributed by atoms with Crippen molar-refractivity contribution in [2.75, 3.05) is 0 Å². The van der Waals surface area contributed by atoms with E-state index in [0.29, 0.717) is 5.82 Å². The van der Waals surface area contributed by atoms with Crippen LogP contribution in [0.5, 0.6) is 0 Å². The lowest BCUT2D eigenvalue weighted by atomic mass is 9.63. The molecule has 0 radical (unpaired) electrons. The first-order chi connectivity index (χ1) is 31.1. The van der Waals surface area contributed by atoms with Crippen LogP contribution < -0.4 is 0 Å². The molecule has 0 amide bonds. The van der Waals surface area contributed by atoms with Crippen LogP contribution in [0.4, 0.5) is 0 Å². The Morgan fingerprint density at radius 3 is 1.75 bits per heavy atom. The van der Waals surface area contributed by atoms with E-state index in [1.807, 2.05) is 18.5 Å². The summed E-state index contributed by atoms with van der Waals surface area (Å²) in [6.45, 7) is 4.69. The second kappa shape index (κ2) is 15.8. The molecule has 0 atom stereocenters. The highest BCUT2D eigenvalue weighted by atomic mass is 15.0. The van der Waals surface area contributed by atoms with Crippen molar-refractivity contribution >= 4 is 34.0 Å². The Hall–Kier alpha value is -7.36. The molecule has 304 valence electrons. The van der Waals surface area contributed by atoms with Gasteiger partial charge in [-0.2, -0.15) is 0 Å². The molecule has 2 heterocycles. The Kier molecular flexibility index (Phi) is 9.69. The minimum absolute atomic E-state index is 0.0801. The first kappa shape index (κ1) is 38.6. The molecule has 0 fully saturated rings. The number of hydrogen-bond donors (Lipinski definition) is 0. The lowest BCUT2D eigenvalue weighted by Crippen LogP contribution is -2.32. The summed E-state index contributed by atoms with van der Waals surface area (Å²) in [4.78, 5) is 9.67. The topological polar surface area (TPSA) is 30.7 Å². The predicted octanol–water partition coefficient (Wildman–Crippen LogP) is 15.1. The van der Waals surface area contributed by atoms with Gasteiger partial charge in [0, 0.05) is 39.8 Å². The molecule has 7 aromatic carbocycles. The lowest BCUT2D eigenvalue weighted by Gasteiger charge is -2.39. The Morgan fingerprint density at radius 1 is 0.571 bits per heavy atom. The van der Waals surface area contributed by atoms with Crippen LogP contribution >= 0.6 is 0 Å². The minimum atomic E-state index is -0.401. The van der Waals surface area contributed by atoms with Crippen molar-refractivity contribution in [2.45, 2.75) is 50.4 Å². The van der Waals surface area contributed by atoms with Gasteiger partial charge < -0.3 is 4.57 Å². The number of fused-ring (bicyclic) bond motifs is 6. The SMILES string of the molecule is CCC1(CC)c2cc(/C=C/c3ncc(-c4ccc(C(C5=CC=CCC5)(c5ccccc5)c5ccccc5)cc4)cn3)ccc2-c2ccc(-n3c4ccccc4c4ccccc43)cc21. The van der Waals surface area contributed by atoms with E-state index in [2.05, 4.69) is 213 Å². The fourth-order valence-electron chi connectivity index (χ4n) is 11.0. The third kappa shape index (κ3) is 6.25. The molecular formula is C60H49N3. The van der Waals surface area contributed by atoms with Crippen molar-refractivity contribution in [3.05, 3.63) is 245 Å². The summed E-state index contributed by atoms with van der Waals surface area (Å²) in [6.07, 6.45) is 19.0. The molecule has 0 aliphatic heterocycles. The van der Waals surface area contributed by atoms with Crippen molar-refractivity contribution in [3.8, 4) is 27.9 Å². The van der Waals surface area contributed by atoms with Gasteiger partial charge in [0.05, 0.1) is 16.4 Å². The molecule has 3 nitrogen and oxygen atoms in total. The molecule has 2 aromatic heterocycles. The van der Waals surface area contributed by atoms with Crippen molar-refractivity contribution in [1.82, 2.24) is 14.5 Å². The highest BCUT2D eigenvalue weighted by Crippen LogP contribution is 2.54. The molecule has 0 saturated heterocycles. The monoisotopic (exact) mass is 811 g/mol. The van der Waals surface area contributed by atoms with E-state index in [1.165, 1.54) is 72.0 Å². The first-order valence-electron chi connectivity index (χ1n) is 22.5. The highest BCUT2D eigenvalue weighted by Gasteiger charge is 2.42. The van der Waals surface area contributed by atoms with Crippen molar-refractivity contribution < 1.29 is 0 Å². The summed E-state index contributed by atoms with van der Waals surface area (Å²) >= 11 is 0. The average Bonchev–Trinajstić information content (AvgIpc) is 3.84. The van der Waals surface area contributed by atoms with Gasteiger partial charge in [-0.15, -0.1) is 0 Å². The highest BCUT2D eigenvalue weighted by molar-refractivity contribution is 6.09. The molecule has 11 rings (SSSR count). The molecule has 0 saturated carbocycles. The Bertz CT molecular complexity index is 3120. The zero-order valence-corrected chi connectivity index (χ0v) is 35.9. The summed E-state index contributed by atoms with van der Waals surface area (Å²) in [5.41, 5.74) is 17.2. The fraction of sp³-hybridized carbons (Fsp3) is 0.133. The van der Waals surface area contributed by atoms with Crippen LogP contribution in [0.2, 0.25) is 0 Å². The molecule has 2 aliphatic rings. The van der Waals surface area contributed by atoms with Crippen LogP contribution in [0.1, 0.15) is 78.7 Å². The van der Waals surface area contributed by atoms with Crippen LogP contribution in [0.3, 0.4) is 0 Å². The zero-order chi connectivity index (χ0) is 42.4. The number of benzene rings is 7. The first-order valence-corrected chi connectivity index (χ1v) is 22.5. The molecular weight excluding hydrogens is 763 g/mol. The van der Waals surface area contributed by atoms with Crippen molar-refractivity contribution in [3.63, 3.8) is 0 Å². The van der Waals surface area contributed by atoms with Crippen molar-refractivity contribution in [2.24, 2.45) is 0 Å². The second-order valence-electron chi connectivity index (χ2n) is 17.1. The number of rotatable bonds is 10. The van der Waals surface area contributed by atoms with E-state index in [9.17, 15) is 0 Å². The third-order valence-corrected chi connectivity index (χ3v) is 14.1. The smallest absolute Gasteiger partial charge is 0.151 e. The molecule has 3 heteroatoms. The van der Waals surface area contributed by atoms with Gasteiger partial charge in [0.1, 0.15) is 0 Å². The summed E-state index contributed by atoms with van der Waals surface area (Å²) in [6, 6.07) is 62.6. The number of nitrogens with zero attached hydrogens (tertiary/aromatic N) is 3. The molecule has 63 heavy (non-hydrogen) atoms. The minimum Gasteiger partial charge on any atom is -0.309 e. The third-order valence-electron chi connectivity index (χ3n) is 14.1. The molecule has 9 aromatic rings. The summed E-state index contributed by atoms with van der Waals surface area (Å²) in [5.74, 6) is 0.691. The van der Waals surface area contributed by atoms with Gasteiger partial charge in [0.2, 0.25) is 0 Å². The van der Waals surface area contributed by atoms with Gasteiger partial charge in [-0.25, -0.2) is 9.97 Å². The van der Waals surface area contributed by atoms with E-state index in [-0.39, 0.29) is 5.41 Å². The quantitative estimate of drug-likeness (QED) is 0.129. The average molecular weight is 812 g/mol. The lowest BCUT2D eigenvalue weighted by molar-refractivity contribution is 0.490. The van der Waals surface area contributed by atoms with Gasteiger partial charge in [-0.3, -0.25) is 0 Å². The summed E-state index contributed by atoms with van der Waals surface area (Å²) < 4.78 is 2.44. The predicted molar refractivity (Wildman–Crippen MR) is 263 cm³/mol.